The Hall–Kier alpha value is -2.42. The molecule has 2 aromatic carbocycles. The number of nitrogens with zero attached hydrogens (tertiary/aromatic N) is 1. The lowest BCUT2D eigenvalue weighted by Gasteiger charge is -2.09. The van der Waals surface area contributed by atoms with Gasteiger partial charge in [0.15, 0.2) is 0 Å². The number of H-pyrrole nitrogens is 1. The van der Waals surface area contributed by atoms with Crippen LogP contribution in [0.5, 0.6) is 0 Å². The summed E-state index contributed by atoms with van der Waals surface area (Å²) in [6.45, 7) is 3.76. The quantitative estimate of drug-likeness (QED) is 0.720. The fourth-order valence-corrected chi connectivity index (χ4v) is 2.32. The summed E-state index contributed by atoms with van der Waals surface area (Å²) in [6, 6.07) is 14.3. The topological polar surface area (TPSA) is 45.8 Å². The maximum atomic E-state index is 11.6. The van der Waals surface area contributed by atoms with Gasteiger partial charge in [-0.15, -0.1) is 0 Å². The zero-order valence-electron chi connectivity index (χ0n) is 10.9. The molecule has 0 aliphatic heterocycles. The van der Waals surface area contributed by atoms with Crippen molar-refractivity contribution in [1.29, 1.82) is 0 Å². The van der Waals surface area contributed by atoms with Gasteiger partial charge in [-0.2, -0.15) is 5.10 Å². The molecule has 0 amide bonds. The Morgan fingerprint density at radius 2 is 1.68 bits per heavy atom. The fourth-order valence-electron chi connectivity index (χ4n) is 2.32. The molecular weight excluding hydrogens is 236 g/mol. The molecule has 0 aliphatic rings. The molecular formula is C16H14N2O. The first-order chi connectivity index (χ1) is 9.18. The van der Waals surface area contributed by atoms with Gasteiger partial charge in [-0.25, -0.2) is 5.10 Å². The van der Waals surface area contributed by atoms with Gasteiger partial charge < -0.3 is 0 Å². The maximum Gasteiger partial charge on any atom is 0.267 e. The van der Waals surface area contributed by atoms with Crippen molar-refractivity contribution in [3.63, 3.8) is 0 Å². The molecule has 94 valence electrons. The summed E-state index contributed by atoms with van der Waals surface area (Å²) >= 11 is 0. The highest BCUT2D eigenvalue weighted by molar-refractivity contribution is 5.96. The van der Waals surface area contributed by atoms with E-state index in [0.29, 0.717) is 0 Å². The molecule has 0 saturated carbocycles. The molecule has 0 atom stereocenters. The van der Waals surface area contributed by atoms with Crippen molar-refractivity contribution in [1.82, 2.24) is 10.2 Å². The van der Waals surface area contributed by atoms with Crippen LogP contribution in [0.4, 0.5) is 0 Å². The second-order valence-electron chi connectivity index (χ2n) is 4.68. The molecule has 19 heavy (non-hydrogen) atoms. The maximum absolute atomic E-state index is 11.6. The average molecular weight is 250 g/mol. The standard InChI is InChI=1S/C16H14N2O/c1-10-11(2)16(19)18-17-15(10)14-9-5-7-12-6-3-4-8-13(12)14/h3-9H,1-2H3,(H,18,19). The van der Waals surface area contributed by atoms with Gasteiger partial charge >= 0.3 is 0 Å². The Balaban J connectivity index is 2.37. The lowest BCUT2D eigenvalue weighted by molar-refractivity contribution is 0.960. The van der Waals surface area contributed by atoms with E-state index in [1.807, 2.05) is 38.1 Å². The normalized spacial score (nSPS) is 10.8. The lowest BCUT2D eigenvalue weighted by atomic mass is 9.98. The average Bonchev–Trinajstić information content (AvgIpc) is 2.45. The third-order valence-corrected chi connectivity index (χ3v) is 3.57. The molecule has 3 nitrogen and oxygen atoms in total. The van der Waals surface area contributed by atoms with Crippen molar-refractivity contribution in [2.24, 2.45) is 0 Å². The van der Waals surface area contributed by atoms with Crippen LogP contribution in [0.25, 0.3) is 22.0 Å². The van der Waals surface area contributed by atoms with Crippen LogP contribution in [0.3, 0.4) is 0 Å². The molecule has 0 unspecified atom stereocenters. The molecule has 0 aliphatic carbocycles. The van der Waals surface area contributed by atoms with E-state index < -0.39 is 0 Å². The van der Waals surface area contributed by atoms with Crippen molar-refractivity contribution < 1.29 is 0 Å². The van der Waals surface area contributed by atoms with Gasteiger partial charge in [0.1, 0.15) is 0 Å². The van der Waals surface area contributed by atoms with E-state index >= 15 is 0 Å². The summed E-state index contributed by atoms with van der Waals surface area (Å²) < 4.78 is 0. The molecule has 0 fully saturated rings. The van der Waals surface area contributed by atoms with Gasteiger partial charge in [0.25, 0.3) is 5.56 Å². The van der Waals surface area contributed by atoms with Crippen molar-refractivity contribution in [2.75, 3.05) is 0 Å². The molecule has 0 saturated heterocycles. The van der Waals surface area contributed by atoms with Crippen LogP contribution in [0.15, 0.2) is 47.3 Å². The Morgan fingerprint density at radius 1 is 0.947 bits per heavy atom. The number of nitrogens with one attached hydrogen (secondary N) is 1. The molecule has 1 N–H and O–H groups in total. The van der Waals surface area contributed by atoms with Crippen molar-refractivity contribution in [3.8, 4) is 11.3 Å². The van der Waals surface area contributed by atoms with Crippen molar-refractivity contribution in [3.05, 3.63) is 63.9 Å². The monoisotopic (exact) mass is 250 g/mol. The van der Waals surface area contributed by atoms with E-state index in [-0.39, 0.29) is 5.56 Å². The number of fused-ring (bicyclic) bond motifs is 1. The SMILES string of the molecule is Cc1c(-c2cccc3ccccc23)n[nH]c(=O)c1C. The molecule has 3 rings (SSSR count). The van der Waals surface area contributed by atoms with Gasteiger partial charge in [0.05, 0.1) is 5.69 Å². The number of hydrogen-bond acceptors (Lipinski definition) is 2. The number of aromatic amines is 1. The largest absolute Gasteiger partial charge is 0.268 e. The predicted molar refractivity (Wildman–Crippen MR) is 77.3 cm³/mol. The number of hydrogen-bond donors (Lipinski definition) is 1. The van der Waals surface area contributed by atoms with Gasteiger partial charge in [-0.05, 0) is 30.2 Å². The van der Waals surface area contributed by atoms with E-state index in [4.69, 9.17) is 0 Å². The summed E-state index contributed by atoms with van der Waals surface area (Å²) in [4.78, 5) is 11.6. The molecule has 0 bridgehead atoms. The fraction of sp³-hybridized carbons (Fsp3) is 0.125. The molecule has 1 aromatic heterocycles. The first kappa shape index (κ1) is 11.7. The van der Waals surface area contributed by atoms with E-state index in [0.717, 1.165) is 27.8 Å². The summed E-state index contributed by atoms with van der Waals surface area (Å²) in [5, 5.41) is 9.10. The van der Waals surface area contributed by atoms with Gasteiger partial charge in [-0.3, -0.25) is 4.79 Å². The predicted octanol–water partition coefficient (Wildman–Crippen LogP) is 3.21. The Kier molecular flexibility index (Phi) is 2.67. The van der Waals surface area contributed by atoms with Crippen LogP contribution in [0.1, 0.15) is 11.1 Å². The lowest BCUT2D eigenvalue weighted by Crippen LogP contribution is -2.14. The Bertz CT molecular complexity index is 813. The van der Waals surface area contributed by atoms with E-state index in [9.17, 15) is 4.79 Å². The Morgan fingerprint density at radius 3 is 2.53 bits per heavy atom. The highest BCUT2D eigenvalue weighted by atomic mass is 16.1. The van der Waals surface area contributed by atoms with Crippen LogP contribution in [0, 0.1) is 13.8 Å². The zero-order chi connectivity index (χ0) is 13.4. The van der Waals surface area contributed by atoms with E-state index in [2.05, 4.69) is 28.4 Å². The summed E-state index contributed by atoms with van der Waals surface area (Å²) in [6.07, 6.45) is 0. The van der Waals surface area contributed by atoms with Gasteiger partial charge in [0, 0.05) is 11.1 Å². The smallest absolute Gasteiger partial charge is 0.267 e. The molecule has 0 spiro atoms. The highest BCUT2D eigenvalue weighted by Gasteiger charge is 2.11. The minimum atomic E-state index is -0.124. The summed E-state index contributed by atoms with van der Waals surface area (Å²) in [7, 11) is 0. The third kappa shape index (κ3) is 1.83. The molecule has 3 aromatic rings. The van der Waals surface area contributed by atoms with Crippen LogP contribution in [-0.2, 0) is 0 Å². The molecule has 0 radical (unpaired) electrons. The molecule has 1 heterocycles. The minimum absolute atomic E-state index is 0.124. The second-order valence-corrected chi connectivity index (χ2v) is 4.68. The Labute approximate surface area is 110 Å². The van der Waals surface area contributed by atoms with E-state index in [1.165, 1.54) is 5.39 Å². The molecule has 3 heteroatoms. The van der Waals surface area contributed by atoms with Crippen molar-refractivity contribution >= 4 is 10.8 Å². The van der Waals surface area contributed by atoms with Crippen LogP contribution in [-0.4, -0.2) is 10.2 Å². The van der Waals surface area contributed by atoms with Crippen LogP contribution < -0.4 is 5.56 Å². The number of rotatable bonds is 1. The van der Waals surface area contributed by atoms with Crippen LogP contribution in [0.2, 0.25) is 0 Å². The minimum Gasteiger partial charge on any atom is -0.268 e. The van der Waals surface area contributed by atoms with Gasteiger partial charge in [0.2, 0.25) is 0 Å². The first-order valence-corrected chi connectivity index (χ1v) is 6.22. The van der Waals surface area contributed by atoms with Crippen molar-refractivity contribution in [2.45, 2.75) is 13.8 Å². The summed E-state index contributed by atoms with van der Waals surface area (Å²) in [5.41, 5.74) is 3.42. The van der Waals surface area contributed by atoms with Gasteiger partial charge in [-0.1, -0.05) is 42.5 Å². The number of aromatic nitrogens is 2. The number of benzene rings is 2. The second kappa shape index (κ2) is 4.35. The first-order valence-electron chi connectivity index (χ1n) is 6.22. The van der Waals surface area contributed by atoms with E-state index in [1.54, 1.807) is 0 Å². The zero-order valence-corrected chi connectivity index (χ0v) is 10.9. The summed E-state index contributed by atoms with van der Waals surface area (Å²) in [5.74, 6) is 0. The third-order valence-electron chi connectivity index (χ3n) is 3.57. The highest BCUT2D eigenvalue weighted by Crippen LogP contribution is 2.28. The van der Waals surface area contributed by atoms with Crippen LogP contribution >= 0.6 is 0 Å².